The van der Waals surface area contributed by atoms with E-state index in [4.69, 9.17) is 9.72 Å². The quantitative estimate of drug-likeness (QED) is 0.142. The predicted molar refractivity (Wildman–Crippen MR) is 240 cm³/mol. The molecule has 0 fully saturated rings. The molecule has 1 aliphatic heterocycles. The summed E-state index contributed by atoms with van der Waals surface area (Å²) >= 11 is 2.51. The van der Waals surface area contributed by atoms with Crippen molar-refractivity contribution in [2.24, 2.45) is 0 Å². The second-order valence-electron chi connectivity index (χ2n) is 15.3. The summed E-state index contributed by atoms with van der Waals surface area (Å²) in [6, 6.07) is 62.7. The third-order valence-electron chi connectivity index (χ3n) is 11.8. The number of fused-ring (bicyclic) bond motifs is 2. The third-order valence-corrected chi connectivity index (χ3v) is 12.8. The topological polar surface area (TPSA) is 35.2 Å². The van der Waals surface area contributed by atoms with E-state index in [0.717, 1.165) is 68.2 Å². The number of benzene rings is 7. The zero-order chi connectivity index (χ0) is 40.7. The molecule has 0 bridgehead atoms. The van der Waals surface area contributed by atoms with Crippen LogP contribution in [0.4, 0.5) is 11.5 Å². The number of aryl methyl sites for hydroxylation is 1. The van der Waals surface area contributed by atoms with Crippen molar-refractivity contribution in [2.45, 2.75) is 33.6 Å². The molecule has 0 unspecified atom stereocenters. The fourth-order valence-electron chi connectivity index (χ4n) is 8.76. The number of pyridine rings is 1. The Balaban J connectivity index is 1.16. The molecule has 3 heterocycles. The van der Waals surface area contributed by atoms with E-state index in [-0.39, 0.29) is 0 Å². The molecule has 0 aliphatic carbocycles. The molecule has 0 saturated heterocycles. The fraction of sp³-hybridized carbons (Fsp3) is 0.111. The second kappa shape index (κ2) is 15.9. The number of hydrogen-bond acceptors (Lipinski definition) is 3. The van der Waals surface area contributed by atoms with Gasteiger partial charge in [0.25, 0.3) is 0 Å². The molecule has 60 heavy (non-hydrogen) atoms. The SMILES string of the molecule is Cc1c(C)c(-c2ccccc2)c(-n2[c](=[Pt])n(-c3[c-]c(Oc4[c-]c5c(cc4-c4ccccc4)CCCN5c4ccccn4)ccc3)c3ccccc32)c(-c2ccccc2)c1C. The van der Waals surface area contributed by atoms with E-state index in [9.17, 15) is 0 Å². The van der Waals surface area contributed by atoms with Crippen LogP contribution in [0.2, 0.25) is 0 Å². The van der Waals surface area contributed by atoms with E-state index in [1.807, 2.05) is 30.5 Å². The van der Waals surface area contributed by atoms with Gasteiger partial charge in [0.15, 0.2) is 0 Å². The first-order chi connectivity index (χ1) is 29.5. The summed E-state index contributed by atoms with van der Waals surface area (Å²) < 4.78 is 12.7. The molecule has 9 aromatic rings. The van der Waals surface area contributed by atoms with Gasteiger partial charge in [0.1, 0.15) is 0 Å². The summed E-state index contributed by atoms with van der Waals surface area (Å²) in [5, 5.41) is 0. The van der Waals surface area contributed by atoms with Gasteiger partial charge in [0.2, 0.25) is 0 Å². The summed E-state index contributed by atoms with van der Waals surface area (Å²) in [6.07, 6.45) is 3.85. The number of nitrogens with zero attached hydrogens (tertiary/aromatic N) is 4. The van der Waals surface area contributed by atoms with Gasteiger partial charge in [-0.25, -0.2) is 0 Å². The number of aromatic nitrogens is 3. The molecule has 296 valence electrons. The molecule has 7 aromatic carbocycles. The fourth-order valence-corrected chi connectivity index (χ4v) is 9.83. The van der Waals surface area contributed by atoms with Gasteiger partial charge in [-0.05, 0) is 6.07 Å². The van der Waals surface area contributed by atoms with Crippen molar-refractivity contribution in [1.29, 1.82) is 0 Å². The Morgan fingerprint density at radius 1 is 0.600 bits per heavy atom. The normalized spacial score (nSPS) is 12.4. The van der Waals surface area contributed by atoms with E-state index < -0.39 is 0 Å². The van der Waals surface area contributed by atoms with Crippen LogP contribution in [-0.4, -0.2) is 20.7 Å². The Morgan fingerprint density at radius 3 is 1.83 bits per heavy atom. The third kappa shape index (κ3) is 6.64. The van der Waals surface area contributed by atoms with Gasteiger partial charge in [-0.15, -0.1) is 0 Å². The number of anilines is 2. The van der Waals surface area contributed by atoms with Gasteiger partial charge < -0.3 is 0 Å². The summed E-state index contributed by atoms with van der Waals surface area (Å²) in [5.74, 6) is 2.18. The molecular formula is C54H42N4OPt-2. The molecule has 0 saturated carbocycles. The van der Waals surface area contributed by atoms with Crippen molar-refractivity contribution < 1.29 is 24.1 Å². The zero-order valence-corrected chi connectivity index (χ0v) is 36.0. The maximum atomic E-state index is 6.94. The molecule has 2 aromatic heterocycles. The molecule has 1 aliphatic rings. The number of hydrogen-bond donors (Lipinski definition) is 0. The van der Waals surface area contributed by atoms with Crippen LogP contribution in [0.3, 0.4) is 0 Å². The Morgan fingerprint density at radius 2 is 1.20 bits per heavy atom. The molecule has 10 rings (SSSR count). The first-order valence-electron chi connectivity index (χ1n) is 20.4. The molecule has 0 spiro atoms. The molecule has 0 atom stereocenters. The van der Waals surface area contributed by atoms with E-state index in [1.165, 1.54) is 44.5 Å². The summed E-state index contributed by atoms with van der Waals surface area (Å²) in [5.41, 5.74) is 17.2. The van der Waals surface area contributed by atoms with Crippen molar-refractivity contribution in [3.8, 4) is 56.3 Å². The van der Waals surface area contributed by atoms with Crippen molar-refractivity contribution >= 4 is 22.5 Å². The van der Waals surface area contributed by atoms with Crippen LogP contribution in [0.5, 0.6) is 11.5 Å². The van der Waals surface area contributed by atoms with Gasteiger partial charge in [-0.1, -0.05) is 6.07 Å². The van der Waals surface area contributed by atoms with Gasteiger partial charge in [-0.2, -0.15) is 0 Å². The van der Waals surface area contributed by atoms with Crippen LogP contribution in [0.15, 0.2) is 164 Å². The van der Waals surface area contributed by atoms with Crippen LogP contribution < -0.4 is 9.64 Å². The monoisotopic (exact) mass is 957 g/mol. The minimum absolute atomic E-state index is 0.610. The van der Waals surface area contributed by atoms with E-state index in [0.29, 0.717) is 11.5 Å². The van der Waals surface area contributed by atoms with Crippen molar-refractivity contribution in [3.63, 3.8) is 0 Å². The molecule has 6 heteroatoms. The number of para-hydroxylation sites is 2. The summed E-state index contributed by atoms with van der Waals surface area (Å²) in [6.45, 7) is 7.65. The Kier molecular flexibility index (Phi) is 9.99. The number of ether oxygens (including phenoxy) is 1. The van der Waals surface area contributed by atoms with E-state index in [2.05, 4.69) is 200 Å². The number of rotatable bonds is 8. The van der Waals surface area contributed by atoms with Crippen molar-refractivity contribution in [2.75, 3.05) is 11.4 Å². The van der Waals surface area contributed by atoms with Crippen LogP contribution >= 0.6 is 0 Å². The maximum absolute atomic E-state index is 6.94. The summed E-state index contributed by atoms with van der Waals surface area (Å²) in [4.78, 5) is 6.97. The van der Waals surface area contributed by atoms with Crippen LogP contribution in [0.1, 0.15) is 28.7 Å². The van der Waals surface area contributed by atoms with E-state index >= 15 is 0 Å². The second-order valence-corrected chi connectivity index (χ2v) is 16.3. The molecular weight excluding hydrogens is 916 g/mol. The van der Waals surface area contributed by atoms with E-state index in [1.54, 1.807) is 0 Å². The number of imidazole rings is 1. The Bertz CT molecular complexity index is 3020. The standard InChI is InChI=1S/C54H42N4O.Pt/c1-37-38(2)52(41-21-9-5-10-22-41)54(53(39(37)3)42-23-11-6-12-24-42)58-36-57(47-28-13-14-29-48(47)58)44-26-17-27-45(34-44)59-50-35-49-43(33-46(50)40-19-7-4-8-20-40)25-18-32-56(49)51-30-15-16-31-55-51;/h4-17,19-24,26-31,33H,18,25,32H2,1-3H3;/q-2;. The minimum atomic E-state index is 0.610. The molecule has 5 nitrogen and oxygen atoms in total. The van der Waals surface area contributed by atoms with Crippen LogP contribution in [0, 0.1) is 36.7 Å². The van der Waals surface area contributed by atoms with Gasteiger partial charge >= 0.3 is 346 Å². The summed E-state index contributed by atoms with van der Waals surface area (Å²) in [7, 11) is 0. The van der Waals surface area contributed by atoms with Crippen LogP contribution in [0.25, 0.3) is 55.8 Å². The average Bonchev–Trinajstić information content (AvgIpc) is 3.60. The van der Waals surface area contributed by atoms with Gasteiger partial charge in [0, 0.05) is 6.20 Å². The molecule has 0 N–H and O–H groups in total. The Hall–Kier alpha value is -6.55. The zero-order valence-electron chi connectivity index (χ0n) is 33.7. The first-order valence-corrected chi connectivity index (χ1v) is 21.6. The van der Waals surface area contributed by atoms with Crippen LogP contribution in [-0.2, 0) is 25.8 Å². The van der Waals surface area contributed by atoms with Gasteiger partial charge in [-0.3, -0.25) is 0 Å². The van der Waals surface area contributed by atoms with Crippen molar-refractivity contribution in [1.82, 2.24) is 14.1 Å². The first kappa shape index (κ1) is 37.7. The van der Waals surface area contributed by atoms with Crippen molar-refractivity contribution in [3.05, 3.63) is 202 Å². The Labute approximate surface area is 362 Å². The predicted octanol–water partition coefficient (Wildman–Crippen LogP) is 13.3. The average molecular weight is 958 g/mol. The molecule has 0 radical (unpaired) electrons. The molecule has 0 amide bonds. The van der Waals surface area contributed by atoms with Gasteiger partial charge in [0.05, 0.1) is 0 Å².